The molecular weight excluding hydrogens is 268 g/mol. The van der Waals surface area contributed by atoms with E-state index in [0.717, 1.165) is 25.1 Å². The molecule has 1 N–H and O–H groups in total. The first kappa shape index (κ1) is 14.4. The Hall–Kier alpha value is -1.59. The zero-order valence-electron chi connectivity index (χ0n) is 12.6. The van der Waals surface area contributed by atoms with Crippen LogP contribution in [0, 0.1) is 6.92 Å². The summed E-state index contributed by atoms with van der Waals surface area (Å²) < 4.78 is 5.82. The molecule has 2 atom stereocenters. The fourth-order valence-corrected chi connectivity index (χ4v) is 3.27. The van der Waals surface area contributed by atoms with Crippen molar-refractivity contribution in [3.8, 4) is 5.75 Å². The van der Waals surface area contributed by atoms with Crippen molar-refractivity contribution in [3.63, 3.8) is 0 Å². The van der Waals surface area contributed by atoms with Gasteiger partial charge in [0, 0.05) is 19.6 Å². The average molecular weight is 290 g/mol. The number of hydrogen-bond acceptors (Lipinski definition) is 4. The van der Waals surface area contributed by atoms with Gasteiger partial charge in [0.2, 0.25) is 0 Å². The van der Waals surface area contributed by atoms with E-state index < -0.39 is 0 Å². The predicted molar refractivity (Wildman–Crippen MR) is 79.5 cm³/mol. The van der Waals surface area contributed by atoms with E-state index in [0.29, 0.717) is 18.7 Å². The number of rotatable bonds is 1. The van der Waals surface area contributed by atoms with Crippen LogP contribution < -0.4 is 0 Å². The van der Waals surface area contributed by atoms with Gasteiger partial charge in [-0.05, 0) is 32.0 Å². The first-order valence-corrected chi connectivity index (χ1v) is 7.47. The van der Waals surface area contributed by atoms with Crippen molar-refractivity contribution in [3.05, 3.63) is 29.3 Å². The molecular formula is C16H22N2O3. The number of hydrogen-bond donors (Lipinski definition) is 1. The number of aryl methyl sites for hydroxylation is 1. The molecule has 1 aromatic rings. The number of piperidine rings is 1. The Labute approximate surface area is 125 Å². The summed E-state index contributed by atoms with van der Waals surface area (Å²) in [5, 5.41) is 10.2. The fraction of sp³-hybridized carbons (Fsp3) is 0.562. The molecule has 0 bridgehead atoms. The molecule has 0 unspecified atom stereocenters. The van der Waals surface area contributed by atoms with E-state index in [9.17, 15) is 9.90 Å². The monoisotopic (exact) mass is 290 g/mol. The second kappa shape index (κ2) is 5.66. The van der Waals surface area contributed by atoms with Crippen LogP contribution in [0.5, 0.6) is 5.75 Å². The first-order valence-electron chi connectivity index (χ1n) is 7.47. The molecule has 114 valence electrons. The summed E-state index contributed by atoms with van der Waals surface area (Å²) in [4.78, 5) is 16.9. The van der Waals surface area contributed by atoms with Crippen molar-refractivity contribution >= 4 is 5.91 Å². The second-order valence-corrected chi connectivity index (χ2v) is 6.00. The number of fused-ring (bicyclic) bond motifs is 1. The van der Waals surface area contributed by atoms with Crippen LogP contribution in [-0.2, 0) is 4.74 Å². The summed E-state index contributed by atoms with van der Waals surface area (Å²) in [6.07, 6.45) is 1.07. The number of carbonyl (C=O) groups excluding carboxylic acids is 1. The van der Waals surface area contributed by atoms with Gasteiger partial charge in [0.15, 0.2) is 0 Å². The van der Waals surface area contributed by atoms with E-state index >= 15 is 0 Å². The third-order valence-corrected chi connectivity index (χ3v) is 4.52. The third-order valence-electron chi connectivity index (χ3n) is 4.52. The molecule has 2 saturated heterocycles. The number of morpholine rings is 1. The van der Waals surface area contributed by atoms with Gasteiger partial charge >= 0.3 is 0 Å². The SMILES string of the molecule is Cc1cccc(C(=O)N2CCO[C@@H]3CCN(C)C[C@H]32)c1O. The molecule has 0 saturated carbocycles. The Morgan fingerprint density at radius 1 is 1.38 bits per heavy atom. The van der Waals surface area contributed by atoms with Crippen LogP contribution in [0.15, 0.2) is 18.2 Å². The van der Waals surface area contributed by atoms with Crippen molar-refractivity contribution < 1.29 is 14.6 Å². The Morgan fingerprint density at radius 3 is 3.00 bits per heavy atom. The molecule has 21 heavy (non-hydrogen) atoms. The predicted octanol–water partition coefficient (Wildman–Crippen LogP) is 1.25. The Bertz CT molecular complexity index is 546. The quantitative estimate of drug-likeness (QED) is 0.845. The zero-order chi connectivity index (χ0) is 15.0. The molecule has 2 aliphatic rings. The number of phenols is 1. The van der Waals surface area contributed by atoms with Crippen molar-refractivity contribution in [1.29, 1.82) is 0 Å². The molecule has 2 fully saturated rings. The number of para-hydroxylation sites is 1. The lowest BCUT2D eigenvalue weighted by Gasteiger charge is -2.46. The zero-order valence-corrected chi connectivity index (χ0v) is 12.6. The van der Waals surface area contributed by atoms with E-state index in [1.807, 2.05) is 24.0 Å². The minimum Gasteiger partial charge on any atom is -0.507 e. The average Bonchev–Trinajstić information content (AvgIpc) is 2.48. The maximum Gasteiger partial charge on any atom is 0.258 e. The highest BCUT2D eigenvalue weighted by atomic mass is 16.5. The van der Waals surface area contributed by atoms with E-state index in [1.54, 1.807) is 6.07 Å². The number of aromatic hydroxyl groups is 1. The Morgan fingerprint density at radius 2 is 2.19 bits per heavy atom. The topological polar surface area (TPSA) is 53.0 Å². The highest BCUT2D eigenvalue weighted by Gasteiger charge is 2.39. The summed E-state index contributed by atoms with van der Waals surface area (Å²) in [6, 6.07) is 5.39. The van der Waals surface area contributed by atoms with Crippen LogP contribution in [-0.4, -0.2) is 66.2 Å². The van der Waals surface area contributed by atoms with Gasteiger partial charge in [0.1, 0.15) is 5.75 Å². The molecule has 1 amide bonds. The Kier molecular flexibility index (Phi) is 3.87. The summed E-state index contributed by atoms with van der Waals surface area (Å²) in [6.45, 7) is 4.79. The number of ether oxygens (including phenoxy) is 1. The number of likely N-dealkylation sites (tertiary alicyclic amines) is 1. The van der Waals surface area contributed by atoms with Crippen molar-refractivity contribution in [2.24, 2.45) is 0 Å². The molecule has 5 heteroatoms. The molecule has 5 nitrogen and oxygen atoms in total. The smallest absolute Gasteiger partial charge is 0.258 e. The van der Waals surface area contributed by atoms with E-state index in [4.69, 9.17) is 4.74 Å². The molecule has 0 spiro atoms. The lowest BCUT2D eigenvalue weighted by Crippen LogP contribution is -2.60. The van der Waals surface area contributed by atoms with Crippen LogP contribution in [0.25, 0.3) is 0 Å². The first-order chi connectivity index (χ1) is 10.1. The maximum absolute atomic E-state index is 12.8. The van der Waals surface area contributed by atoms with Crippen LogP contribution in [0.2, 0.25) is 0 Å². The lowest BCUT2D eigenvalue weighted by molar-refractivity contribution is -0.0870. The van der Waals surface area contributed by atoms with Crippen molar-refractivity contribution in [2.75, 3.05) is 33.3 Å². The second-order valence-electron chi connectivity index (χ2n) is 6.00. The third kappa shape index (κ3) is 2.63. The fourth-order valence-electron chi connectivity index (χ4n) is 3.27. The number of carbonyl (C=O) groups is 1. The lowest BCUT2D eigenvalue weighted by atomic mass is 9.97. The van der Waals surface area contributed by atoms with Gasteiger partial charge in [-0.3, -0.25) is 4.79 Å². The molecule has 3 rings (SSSR count). The largest absolute Gasteiger partial charge is 0.507 e. The number of nitrogens with zero attached hydrogens (tertiary/aromatic N) is 2. The van der Waals surface area contributed by atoms with E-state index in [1.165, 1.54) is 0 Å². The van der Waals surface area contributed by atoms with Crippen LogP contribution in [0.3, 0.4) is 0 Å². The van der Waals surface area contributed by atoms with Gasteiger partial charge in [-0.15, -0.1) is 0 Å². The van der Waals surface area contributed by atoms with E-state index in [-0.39, 0.29) is 23.8 Å². The van der Waals surface area contributed by atoms with Gasteiger partial charge in [-0.25, -0.2) is 0 Å². The molecule has 0 aromatic heterocycles. The normalized spacial score (nSPS) is 26.5. The number of phenolic OH excluding ortho intramolecular Hbond substituents is 1. The maximum atomic E-state index is 12.8. The number of benzene rings is 1. The summed E-state index contributed by atoms with van der Waals surface area (Å²) in [5.74, 6) is -0.000458. The minimum atomic E-state index is -0.0928. The van der Waals surface area contributed by atoms with Gasteiger partial charge in [0.25, 0.3) is 5.91 Å². The Balaban J connectivity index is 1.87. The minimum absolute atomic E-state index is 0.0740. The van der Waals surface area contributed by atoms with E-state index in [2.05, 4.69) is 11.9 Å². The van der Waals surface area contributed by atoms with Gasteiger partial charge in [-0.1, -0.05) is 12.1 Å². The van der Waals surface area contributed by atoms with Gasteiger partial charge in [0.05, 0.1) is 24.3 Å². The van der Waals surface area contributed by atoms with Crippen LogP contribution >= 0.6 is 0 Å². The molecule has 2 heterocycles. The van der Waals surface area contributed by atoms with Gasteiger partial charge in [-0.2, -0.15) is 0 Å². The summed E-state index contributed by atoms with van der Waals surface area (Å²) >= 11 is 0. The molecule has 0 aliphatic carbocycles. The summed E-state index contributed by atoms with van der Waals surface area (Å²) in [5.41, 5.74) is 1.12. The molecule has 1 aromatic carbocycles. The molecule has 2 aliphatic heterocycles. The van der Waals surface area contributed by atoms with Gasteiger partial charge < -0.3 is 19.6 Å². The molecule has 0 radical (unpaired) electrons. The van der Waals surface area contributed by atoms with Crippen molar-refractivity contribution in [1.82, 2.24) is 9.80 Å². The van der Waals surface area contributed by atoms with Crippen molar-refractivity contribution in [2.45, 2.75) is 25.5 Å². The highest BCUT2D eigenvalue weighted by Crippen LogP contribution is 2.28. The number of likely N-dealkylation sites (N-methyl/N-ethyl adjacent to an activating group) is 1. The summed E-state index contributed by atoms with van der Waals surface area (Å²) in [7, 11) is 2.07. The standard InChI is InChI=1S/C16H22N2O3/c1-11-4-3-5-12(15(11)19)16(20)18-8-9-21-14-6-7-17(2)10-13(14)18/h3-5,13-14,19H,6-10H2,1-2H3/t13-,14-/m1/s1. The van der Waals surface area contributed by atoms with Crippen LogP contribution in [0.1, 0.15) is 22.3 Å². The highest BCUT2D eigenvalue weighted by molar-refractivity contribution is 5.97. The number of amides is 1. The van der Waals surface area contributed by atoms with Crippen LogP contribution in [0.4, 0.5) is 0 Å².